The molecule has 0 saturated carbocycles. The van der Waals surface area contributed by atoms with Gasteiger partial charge in [-0.1, -0.05) is 18.2 Å². The van der Waals surface area contributed by atoms with E-state index in [9.17, 15) is 29.8 Å². The van der Waals surface area contributed by atoms with Crippen LogP contribution in [0.3, 0.4) is 0 Å². The van der Waals surface area contributed by atoms with Crippen LogP contribution in [0.25, 0.3) is 10.8 Å². The minimum atomic E-state index is -2.22. The van der Waals surface area contributed by atoms with Crippen molar-refractivity contribution in [2.75, 3.05) is 0 Å². The van der Waals surface area contributed by atoms with E-state index in [4.69, 9.17) is 10.2 Å². The number of aliphatic carboxylic acids is 2. The molecular formula is C13H8N2O8. The lowest BCUT2D eigenvalue weighted by molar-refractivity contribution is -0.393. The molecule has 0 heterocycles. The molecule has 23 heavy (non-hydrogen) atoms. The Morgan fingerprint density at radius 1 is 0.913 bits per heavy atom. The van der Waals surface area contributed by atoms with Crippen LogP contribution in [-0.2, 0) is 9.59 Å². The predicted molar refractivity (Wildman–Crippen MR) is 75.3 cm³/mol. The molecule has 0 aliphatic rings. The van der Waals surface area contributed by atoms with Crippen molar-refractivity contribution in [1.82, 2.24) is 0 Å². The number of carbonyl (C=O) groups is 2. The van der Waals surface area contributed by atoms with Gasteiger partial charge in [-0.05, 0) is 6.07 Å². The highest BCUT2D eigenvalue weighted by Gasteiger charge is 2.38. The van der Waals surface area contributed by atoms with Crippen molar-refractivity contribution in [3.05, 3.63) is 56.1 Å². The average Bonchev–Trinajstić information content (AvgIpc) is 2.45. The lowest BCUT2D eigenvalue weighted by Gasteiger charge is -2.12. The molecular weight excluding hydrogens is 312 g/mol. The first kappa shape index (κ1) is 15.8. The summed E-state index contributed by atoms with van der Waals surface area (Å²) in [4.78, 5) is 42.9. The Balaban J connectivity index is 3.03. The van der Waals surface area contributed by atoms with Crippen LogP contribution in [0.5, 0.6) is 0 Å². The summed E-state index contributed by atoms with van der Waals surface area (Å²) in [6.07, 6.45) is 0. The maximum Gasteiger partial charge on any atom is 0.322 e. The third-order valence-corrected chi connectivity index (χ3v) is 3.22. The highest BCUT2D eigenvalue weighted by Crippen LogP contribution is 2.39. The van der Waals surface area contributed by atoms with E-state index < -0.39 is 44.6 Å². The smallest absolute Gasteiger partial charge is 0.322 e. The first-order valence-electron chi connectivity index (χ1n) is 6.05. The van der Waals surface area contributed by atoms with E-state index in [1.54, 1.807) is 0 Å². The van der Waals surface area contributed by atoms with Gasteiger partial charge in [-0.3, -0.25) is 29.8 Å². The highest BCUT2D eigenvalue weighted by molar-refractivity contribution is 6.07. The molecule has 0 unspecified atom stereocenters. The molecule has 2 rings (SSSR count). The fourth-order valence-corrected chi connectivity index (χ4v) is 2.32. The number of carboxylic acid groups (broad SMARTS) is 2. The monoisotopic (exact) mass is 320 g/mol. The predicted octanol–water partition coefficient (Wildman–Crippen LogP) is 1.91. The molecule has 0 spiro atoms. The van der Waals surface area contributed by atoms with E-state index in [0.29, 0.717) is 6.07 Å². The molecule has 0 aromatic heterocycles. The van der Waals surface area contributed by atoms with E-state index in [2.05, 4.69) is 0 Å². The highest BCUT2D eigenvalue weighted by atomic mass is 16.6. The molecule has 0 fully saturated rings. The summed E-state index contributed by atoms with van der Waals surface area (Å²) in [6.45, 7) is 0. The maximum absolute atomic E-state index is 11.2. The van der Waals surface area contributed by atoms with Gasteiger partial charge >= 0.3 is 11.9 Å². The summed E-state index contributed by atoms with van der Waals surface area (Å²) in [7, 11) is 0. The maximum atomic E-state index is 11.2. The molecule has 2 aromatic rings. The van der Waals surface area contributed by atoms with E-state index in [0.717, 1.165) is 0 Å². The third kappa shape index (κ3) is 2.64. The van der Waals surface area contributed by atoms with Gasteiger partial charge in [0.1, 0.15) is 0 Å². The number of fused-ring (bicyclic) bond motifs is 1. The van der Waals surface area contributed by atoms with E-state index in [1.165, 1.54) is 24.3 Å². The normalized spacial score (nSPS) is 10.7. The summed E-state index contributed by atoms with van der Waals surface area (Å²) in [5.74, 6) is -5.83. The SMILES string of the molecule is O=C(O)C(C(=O)O)c1c([N+](=O)[O-])cc([N+](=O)[O-])c2ccccc12. The number of nitrogens with zero attached hydrogens (tertiary/aromatic N) is 2. The largest absolute Gasteiger partial charge is 0.480 e. The van der Waals surface area contributed by atoms with E-state index in [-0.39, 0.29) is 10.8 Å². The van der Waals surface area contributed by atoms with Crippen LogP contribution in [0, 0.1) is 20.2 Å². The number of benzene rings is 2. The molecule has 0 saturated heterocycles. The van der Waals surface area contributed by atoms with Crippen molar-refractivity contribution in [2.24, 2.45) is 0 Å². The Morgan fingerprint density at radius 2 is 1.39 bits per heavy atom. The minimum Gasteiger partial charge on any atom is -0.480 e. The van der Waals surface area contributed by atoms with Crippen molar-refractivity contribution in [2.45, 2.75) is 5.92 Å². The average molecular weight is 320 g/mol. The molecule has 2 aromatic carbocycles. The van der Waals surface area contributed by atoms with Gasteiger partial charge in [0, 0.05) is 5.39 Å². The second-order valence-corrected chi connectivity index (χ2v) is 4.50. The standard InChI is InChI=1S/C13H8N2O8/c16-12(17)11(13(18)19)10-7-4-2-1-3-6(7)8(14(20)21)5-9(10)15(22)23/h1-5,11H,(H,16,17)(H,18,19). The van der Waals surface area contributed by atoms with Crippen LogP contribution >= 0.6 is 0 Å². The Morgan fingerprint density at radius 3 is 1.83 bits per heavy atom. The van der Waals surface area contributed by atoms with Gasteiger partial charge in [0.2, 0.25) is 0 Å². The molecule has 0 aliphatic heterocycles. The minimum absolute atomic E-state index is 0.0781. The first-order valence-corrected chi connectivity index (χ1v) is 6.05. The molecule has 10 nitrogen and oxygen atoms in total. The van der Waals surface area contributed by atoms with Crippen LogP contribution in [0.4, 0.5) is 11.4 Å². The molecule has 0 radical (unpaired) electrons. The van der Waals surface area contributed by atoms with Crippen molar-refractivity contribution >= 4 is 34.1 Å². The summed E-state index contributed by atoms with van der Waals surface area (Å²) in [6, 6.07) is 5.85. The quantitative estimate of drug-likeness (QED) is 0.479. The van der Waals surface area contributed by atoms with Crippen molar-refractivity contribution in [3.63, 3.8) is 0 Å². The van der Waals surface area contributed by atoms with Crippen LogP contribution in [0.1, 0.15) is 11.5 Å². The fraction of sp³-hybridized carbons (Fsp3) is 0.0769. The first-order chi connectivity index (χ1) is 10.8. The molecule has 0 amide bonds. The Kier molecular flexibility index (Phi) is 3.90. The second kappa shape index (κ2) is 5.67. The number of nitro benzene ring substituents is 2. The summed E-state index contributed by atoms with van der Waals surface area (Å²) in [5.41, 5.74) is -2.13. The summed E-state index contributed by atoms with van der Waals surface area (Å²) >= 11 is 0. The molecule has 10 heteroatoms. The number of rotatable bonds is 5. The van der Waals surface area contributed by atoms with Crippen LogP contribution in [0.15, 0.2) is 30.3 Å². The van der Waals surface area contributed by atoms with Gasteiger partial charge in [-0.25, -0.2) is 0 Å². The van der Waals surface area contributed by atoms with Gasteiger partial charge in [0.15, 0.2) is 5.92 Å². The Hall–Kier alpha value is -3.56. The van der Waals surface area contributed by atoms with Gasteiger partial charge in [0.05, 0.1) is 26.9 Å². The molecule has 2 N–H and O–H groups in total. The zero-order valence-corrected chi connectivity index (χ0v) is 11.2. The number of non-ortho nitro benzene ring substituents is 1. The Labute approximate surface area is 126 Å². The number of nitro groups is 2. The van der Waals surface area contributed by atoms with Gasteiger partial charge in [0.25, 0.3) is 11.4 Å². The molecule has 0 bridgehead atoms. The number of hydrogen-bond acceptors (Lipinski definition) is 6. The van der Waals surface area contributed by atoms with Gasteiger partial charge < -0.3 is 10.2 Å². The van der Waals surface area contributed by atoms with Crippen molar-refractivity contribution in [1.29, 1.82) is 0 Å². The van der Waals surface area contributed by atoms with Gasteiger partial charge in [-0.2, -0.15) is 0 Å². The zero-order valence-electron chi connectivity index (χ0n) is 11.2. The van der Waals surface area contributed by atoms with Crippen LogP contribution in [0.2, 0.25) is 0 Å². The van der Waals surface area contributed by atoms with Crippen LogP contribution in [-0.4, -0.2) is 32.0 Å². The number of hydrogen-bond donors (Lipinski definition) is 2. The lowest BCUT2D eigenvalue weighted by Crippen LogP contribution is -2.22. The lowest BCUT2D eigenvalue weighted by atomic mass is 9.91. The zero-order chi connectivity index (χ0) is 17.3. The summed E-state index contributed by atoms with van der Waals surface area (Å²) < 4.78 is 0. The van der Waals surface area contributed by atoms with E-state index >= 15 is 0 Å². The number of carboxylic acids is 2. The topological polar surface area (TPSA) is 161 Å². The molecule has 0 atom stereocenters. The molecule has 118 valence electrons. The second-order valence-electron chi connectivity index (χ2n) is 4.50. The molecule has 0 aliphatic carbocycles. The van der Waals surface area contributed by atoms with Crippen molar-refractivity contribution in [3.8, 4) is 0 Å². The Bertz CT molecular complexity index is 846. The summed E-state index contributed by atoms with van der Waals surface area (Å²) in [5, 5.41) is 40.2. The fourth-order valence-electron chi connectivity index (χ4n) is 2.32. The van der Waals surface area contributed by atoms with Crippen LogP contribution < -0.4 is 0 Å². The van der Waals surface area contributed by atoms with Gasteiger partial charge in [-0.15, -0.1) is 0 Å². The van der Waals surface area contributed by atoms with E-state index in [1.807, 2.05) is 0 Å². The van der Waals surface area contributed by atoms with Crippen molar-refractivity contribution < 1.29 is 29.6 Å². The third-order valence-electron chi connectivity index (χ3n) is 3.22.